The molecule has 1 aliphatic rings. The molecule has 1 aliphatic heterocycles. The van der Waals surface area contributed by atoms with Crippen molar-refractivity contribution in [2.75, 3.05) is 20.3 Å². The summed E-state index contributed by atoms with van der Waals surface area (Å²) in [5.74, 6) is 1.49. The lowest BCUT2D eigenvalue weighted by molar-refractivity contribution is -0.123. The third kappa shape index (κ3) is 6.03. The maximum Gasteiger partial charge on any atom is 0.293 e. The van der Waals surface area contributed by atoms with Gasteiger partial charge in [-0.2, -0.15) is 0 Å². The number of methoxy groups -OCH3 is 1. The van der Waals surface area contributed by atoms with E-state index in [1.165, 1.54) is 4.90 Å². The Bertz CT molecular complexity index is 1630. The monoisotopic (exact) mass is 617 g/mol. The number of hydrogen-bond donors (Lipinski definition) is 0. The molecule has 2 amide bonds. The Morgan fingerprint density at radius 3 is 2.55 bits per heavy atom. The fourth-order valence-corrected chi connectivity index (χ4v) is 5.92. The first-order valence-electron chi connectivity index (χ1n) is 12.8. The molecule has 0 N–H and O–H groups in total. The van der Waals surface area contributed by atoms with Gasteiger partial charge < -0.3 is 14.2 Å². The van der Waals surface area contributed by atoms with Gasteiger partial charge in [-0.25, -0.2) is 0 Å². The molecule has 0 aliphatic carbocycles. The average molecular weight is 619 g/mol. The molecule has 0 unspecified atom stereocenters. The molecule has 5 rings (SSSR count). The van der Waals surface area contributed by atoms with E-state index in [1.54, 1.807) is 19.3 Å². The van der Waals surface area contributed by atoms with Crippen LogP contribution in [-0.4, -0.2) is 36.3 Å². The van der Waals surface area contributed by atoms with Crippen molar-refractivity contribution in [1.82, 2.24) is 4.90 Å². The fraction of sp³-hybridized carbons (Fsp3) is 0.188. The number of carbonyl (C=O) groups excluding carboxylic acids is 2. The number of nitrogens with zero attached hydrogens (tertiary/aromatic N) is 1. The zero-order valence-electron chi connectivity index (χ0n) is 22.4. The maximum atomic E-state index is 13.0. The zero-order chi connectivity index (χ0) is 28.2. The van der Waals surface area contributed by atoms with Gasteiger partial charge in [0.15, 0.2) is 11.5 Å². The minimum atomic E-state index is -0.342. The van der Waals surface area contributed by atoms with E-state index >= 15 is 0 Å². The quantitative estimate of drug-likeness (QED) is 0.178. The van der Waals surface area contributed by atoms with Crippen molar-refractivity contribution in [3.8, 4) is 17.2 Å². The van der Waals surface area contributed by atoms with Crippen molar-refractivity contribution in [1.29, 1.82) is 0 Å². The summed E-state index contributed by atoms with van der Waals surface area (Å²) in [7, 11) is 1.57. The van der Waals surface area contributed by atoms with Gasteiger partial charge in [-0.1, -0.05) is 54.6 Å². The van der Waals surface area contributed by atoms with E-state index in [9.17, 15) is 9.59 Å². The van der Waals surface area contributed by atoms with Gasteiger partial charge in [-0.15, -0.1) is 0 Å². The van der Waals surface area contributed by atoms with Gasteiger partial charge in [0, 0.05) is 0 Å². The van der Waals surface area contributed by atoms with E-state index in [0.29, 0.717) is 33.0 Å². The van der Waals surface area contributed by atoms with E-state index < -0.39 is 0 Å². The van der Waals surface area contributed by atoms with E-state index in [0.717, 1.165) is 45.0 Å². The van der Waals surface area contributed by atoms with Crippen LogP contribution >= 0.6 is 27.7 Å². The summed E-state index contributed by atoms with van der Waals surface area (Å²) in [4.78, 5) is 27.2. The molecular weight excluding hydrogens is 590 g/mol. The summed E-state index contributed by atoms with van der Waals surface area (Å²) >= 11 is 4.51. The summed E-state index contributed by atoms with van der Waals surface area (Å²) in [6.07, 6.45) is 1.69. The summed E-state index contributed by atoms with van der Waals surface area (Å²) in [5.41, 5.74) is 3.86. The molecule has 204 valence electrons. The Morgan fingerprint density at radius 2 is 1.73 bits per heavy atom. The number of amides is 2. The Balaban J connectivity index is 1.28. The number of ether oxygens (including phenoxy) is 3. The Hall–Kier alpha value is -3.75. The third-order valence-corrected chi connectivity index (χ3v) is 8.09. The van der Waals surface area contributed by atoms with E-state index in [1.807, 2.05) is 62.4 Å². The highest BCUT2D eigenvalue weighted by Gasteiger charge is 2.35. The van der Waals surface area contributed by atoms with Crippen molar-refractivity contribution in [2.24, 2.45) is 0 Å². The topological polar surface area (TPSA) is 65.1 Å². The number of imide groups is 1. The molecule has 40 heavy (non-hydrogen) atoms. The number of hydrogen-bond acceptors (Lipinski definition) is 6. The number of halogens is 1. The number of aryl methyl sites for hydroxylation is 2. The second-order valence-electron chi connectivity index (χ2n) is 9.41. The molecule has 0 bridgehead atoms. The predicted molar refractivity (Wildman–Crippen MR) is 163 cm³/mol. The van der Waals surface area contributed by atoms with Crippen LogP contribution in [0.25, 0.3) is 16.8 Å². The first-order valence-corrected chi connectivity index (χ1v) is 14.4. The van der Waals surface area contributed by atoms with Crippen molar-refractivity contribution in [2.45, 2.75) is 20.5 Å². The third-order valence-electron chi connectivity index (χ3n) is 6.59. The van der Waals surface area contributed by atoms with Crippen molar-refractivity contribution in [3.05, 3.63) is 104 Å². The molecule has 0 spiro atoms. The summed E-state index contributed by atoms with van der Waals surface area (Å²) in [6.45, 7) is 4.70. The first kappa shape index (κ1) is 27.8. The molecule has 1 saturated heterocycles. The van der Waals surface area contributed by atoms with Crippen molar-refractivity contribution >= 4 is 55.7 Å². The number of thioether (sulfide) groups is 1. The van der Waals surface area contributed by atoms with Crippen LogP contribution in [0.3, 0.4) is 0 Å². The van der Waals surface area contributed by atoms with Crippen LogP contribution in [0.15, 0.2) is 82.2 Å². The highest BCUT2D eigenvalue weighted by atomic mass is 79.9. The van der Waals surface area contributed by atoms with Crippen LogP contribution < -0.4 is 14.2 Å². The number of benzene rings is 4. The highest BCUT2D eigenvalue weighted by molar-refractivity contribution is 9.10. The van der Waals surface area contributed by atoms with Gasteiger partial charge in [-0.3, -0.25) is 14.5 Å². The largest absolute Gasteiger partial charge is 0.493 e. The second-order valence-corrected chi connectivity index (χ2v) is 11.3. The van der Waals surface area contributed by atoms with Crippen molar-refractivity contribution in [3.63, 3.8) is 0 Å². The lowest BCUT2D eigenvalue weighted by Crippen LogP contribution is -2.32. The van der Waals surface area contributed by atoms with Crippen LogP contribution in [0.4, 0.5) is 4.79 Å². The van der Waals surface area contributed by atoms with Gasteiger partial charge in [-0.05, 0) is 98.8 Å². The molecule has 4 aromatic carbocycles. The molecule has 0 atom stereocenters. The molecule has 0 radical (unpaired) electrons. The molecule has 8 heteroatoms. The molecule has 1 fully saturated rings. The molecular formula is C32H28BrNO5S. The van der Waals surface area contributed by atoms with Gasteiger partial charge >= 0.3 is 0 Å². The van der Waals surface area contributed by atoms with E-state index in [2.05, 4.69) is 34.1 Å². The standard InChI is InChI=1S/C32H28BrNO5S/c1-20-11-12-21(2)27(15-20)38-14-13-34-31(35)29(40-32(34)36)18-22-16-26(33)30(28(17-22)37-3)39-19-24-9-6-8-23-7-4-5-10-25(23)24/h4-12,15-18H,13-14,19H2,1-3H3/b29-18-. The molecule has 1 heterocycles. The van der Waals surface area contributed by atoms with Crippen LogP contribution in [0.5, 0.6) is 17.2 Å². The predicted octanol–water partition coefficient (Wildman–Crippen LogP) is 7.92. The smallest absolute Gasteiger partial charge is 0.293 e. The Kier molecular flexibility index (Phi) is 8.47. The molecule has 0 saturated carbocycles. The second kappa shape index (κ2) is 12.2. The maximum absolute atomic E-state index is 13.0. The Labute approximate surface area is 246 Å². The van der Waals surface area contributed by atoms with Crippen LogP contribution in [0, 0.1) is 13.8 Å². The summed E-state index contributed by atoms with van der Waals surface area (Å²) in [6, 6.07) is 23.9. The van der Waals surface area contributed by atoms with Gasteiger partial charge in [0.25, 0.3) is 11.1 Å². The summed E-state index contributed by atoms with van der Waals surface area (Å²) < 4.78 is 18.3. The summed E-state index contributed by atoms with van der Waals surface area (Å²) in [5, 5.41) is 1.96. The van der Waals surface area contributed by atoms with Crippen LogP contribution in [-0.2, 0) is 11.4 Å². The molecule has 6 nitrogen and oxygen atoms in total. The minimum Gasteiger partial charge on any atom is -0.493 e. The zero-order valence-corrected chi connectivity index (χ0v) is 24.8. The van der Waals surface area contributed by atoms with Gasteiger partial charge in [0.05, 0.1) is 23.0 Å². The normalized spacial score (nSPS) is 14.3. The number of carbonyl (C=O) groups is 2. The van der Waals surface area contributed by atoms with Crippen LogP contribution in [0.2, 0.25) is 0 Å². The molecule has 4 aromatic rings. The number of fused-ring (bicyclic) bond motifs is 1. The lowest BCUT2D eigenvalue weighted by Gasteiger charge is -2.15. The average Bonchev–Trinajstić information content (AvgIpc) is 3.21. The molecule has 0 aromatic heterocycles. The van der Waals surface area contributed by atoms with Gasteiger partial charge in [0.1, 0.15) is 19.0 Å². The fourth-order valence-electron chi connectivity index (χ4n) is 4.49. The lowest BCUT2D eigenvalue weighted by atomic mass is 10.1. The number of rotatable bonds is 9. The van der Waals surface area contributed by atoms with Crippen molar-refractivity contribution < 1.29 is 23.8 Å². The Morgan fingerprint density at radius 1 is 0.925 bits per heavy atom. The van der Waals surface area contributed by atoms with E-state index in [4.69, 9.17) is 14.2 Å². The first-order chi connectivity index (χ1) is 19.3. The minimum absolute atomic E-state index is 0.170. The van der Waals surface area contributed by atoms with E-state index in [-0.39, 0.29) is 24.3 Å². The van der Waals surface area contributed by atoms with Crippen LogP contribution in [0.1, 0.15) is 22.3 Å². The highest BCUT2D eigenvalue weighted by Crippen LogP contribution is 2.40. The SMILES string of the molecule is COc1cc(/C=C2\SC(=O)N(CCOc3cc(C)ccc3C)C2=O)cc(Br)c1OCc1cccc2ccccc12. The van der Waals surface area contributed by atoms with Gasteiger partial charge in [0.2, 0.25) is 0 Å².